The minimum Gasteiger partial charge on any atom is -0.444 e. The number of benzene rings is 2. The SMILES string of the molecule is CC(C)(C)OC(=O)N1CC(N)CC1CO[Si](c1ccccc1)(c1ccccc1)C(C)(C)C. The molecule has 2 atom stereocenters. The predicted octanol–water partition coefficient (Wildman–Crippen LogP) is 3.90. The summed E-state index contributed by atoms with van der Waals surface area (Å²) < 4.78 is 12.7. The van der Waals surface area contributed by atoms with Gasteiger partial charge in [-0.3, -0.25) is 0 Å². The van der Waals surface area contributed by atoms with Gasteiger partial charge >= 0.3 is 6.09 Å². The van der Waals surface area contributed by atoms with Gasteiger partial charge in [0.25, 0.3) is 8.32 Å². The van der Waals surface area contributed by atoms with Gasteiger partial charge in [0.15, 0.2) is 0 Å². The molecule has 1 heterocycles. The van der Waals surface area contributed by atoms with Crippen LogP contribution in [0.15, 0.2) is 60.7 Å². The summed E-state index contributed by atoms with van der Waals surface area (Å²) in [6, 6.07) is 20.9. The van der Waals surface area contributed by atoms with Crippen molar-refractivity contribution in [3.05, 3.63) is 60.7 Å². The van der Waals surface area contributed by atoms with Gasteiger partial charge in [0, 0.05) is 12.6 Å². The van der Waals surface area contributed by atoms with Crippen LogP contribution in [0.3, 0.4) is 0 Å². The Hall–Kier alpha value is -2.15. The van der Waals surface area contributed by atoms with Gasteiger partial charge in [-0.05, 0) is 42.6 Å². The van der Waals surface area contributed by atoms with E-state index in [9.17, 15) is 4.79 Å². The first-order chi connectivity index (χ1) is 14.9. The molecule has 2 aromatic rings. The highest BCUT2D eigenvalue weighted by Gasteiger charge is 2.51. The van der Waals surface area contributed by atoms with Crippen LogP contribution in [0.5, 0.6) is 0 Å². The largest absolute Gasteiger partial charge is 0.444 e. The maximum Gasteiger partial charge on any atom is 0.410 e. The molecule has 0 aromatic heterocycles. The van der Waals surface area contributed by atoms with Gasteiger partial charge in [-0.2, -0.15) is 0 Å². The summed E-state index contributed by atoms with van der Waals surface area (Å²) >= 11 is 0. The van der Waals surface area contributed by atoms with Crippen molar-refractivity contribution in [1.82, 2.24) is 4.90 Å². The smallest absolute Gasteiger partial charge is 0.410 e. The van der Waals surface area contributed by atoms with Gasteiger partial charge in [-0.1, -0.05) is 81.4 Å². The molecule has 1 aliphatic rings. The second kappa shape index (κ2) is 9.38. The van der Waals surface area contributed by atoms with Crippen molar-refractivity contribution in [2.24, 2.45) is 5.73 Å². The highest BCUT2D eigenvalue weighted by Crippen LogP contribution is 2.37. The van der Waals surface area contributed by atoms with E-state index in [2.05, 4.69) is 69.3 Å². The molecule has 0 saturated carbocycles. The molecule has 32 heavy (non-hydrogen) atoms. The summed E-state index contributed by atoms with van der Waals surface area (Å²) in [5.41, 5.74) is 5.72. The van der Waals surface area contributed by atoms with Gasteiger partial charge in [0.1, 0.15) is 5.60 Å². The summed E-state index contributed by atoms with van der Waals surface area (Å²) in [6.07, 6.45) is 0.388. The molecular weight excluding hydrogens is 416 g/mol. The normalized spacial score (nSPS) is 19.8. The van der Waals surface area contributed by atoms with E-state index in [-0.39, 0.29) is 23.2 Å². The van der Waals surface area contributed by atoms with E-state index < -0.39 is 13.9 Å². The fourth-order valence-electron chi connectivity index (χ4n) is 4.64. The number of hydrogen-bond donors (Lipinski definition) is 1. The van der Waals surface area contributed by atoms with Gasteiger partial charge in [0.2, 0.25) is 0 Å². The minimum absolute atomic E-state index is 0.0738. The van der Waals surface area contributed by atoms with Crippen LogP contribution in [-0.4, -0.2) is 50.1 Å². The first kappa shape index (κ1) is 24.5. The number of amides is 1. The van der Waals surface area contributed by atoms with E-state index in [1.165, 1.54) is 10.4 Å². The average molecular weight is 455 g/mol. The Kier molecular flexibility index (Phi) is 7.17. The molecule has 2 N–H and O–H groups in total. The number of rotatable bonds is 5. The zero-order valence-electron chi connectivity index (χ0n) is 20.3. The third kappa shape index (κ3) is 5.25. The number of nitrogens with two attached hydrogens (primary N) is 1. The maximum atomic E-state index is 12.9. The number of nitrogens with zero attached hydrogens (tertiary/aromatic N) is 1. The topological polar surface area (TPSA) is 64.8 Å². The van der Waals surface area contributed by atoms with E-state index in [0.717, 1.165) is 0 Å². The van der Waals surface area contributed by atoms with Crippen molar-refractivity contribution in [3.8, 4) is 0 Å². The fraction of sp³-hybridized carbons (Fsp3) is 0.500. The Bertz CT molecular complexity index is 851. The lowest BCUT2D eigenvalue weighted by atomic mass is 10.2. The molecule has 1 saturated heterocycles. The summed E-state index contributed by atoms with van der Waals surface area (Å²) in [4.78, 5) is 14.6. The minimum atomic E-state index is -2.67. The van der Waals surface area contributed by atoms with Crippen molar-refractivity contribution >= 4 is 24.8 Å². The van der Waals surface area contributed by atoms with E-state index in [1.807, 2.05) is 32.9 Å². The van der Waals surface area contributed by atoms with Crippen LogP contribution < -0.4 is 16.1 Å². The van der Waals surface area contributed by atoms with Gasteiger partial charge < -0.3 is 19.8 Å². The Labute approximate surface area is 194 Å². The van der Waals surface area contributed by atoms with Gasteiger partial charge in [-0.15, -0.1) is 0 Å². The van der Waals surface area contributed by atoms with Crippen molar-refractivity contribution in [2.75, 3.05) is 13.2 Å². The number of carbonyl (C=O) groups is 1. The number of carbonyl (C=O) groups excluding carboxylic acids is 1. The first-order valence-corrected chi connectivity index (χ1v) is 13.3. The lowest BCUT2D eigenvalue weighted by molar-refractivity contribution is 0.0182. The Morgan fingerprint density at radius 1 is 0.969 bits per heavy atom. The molecule has 0 aliphatic carbocycles. The lowest BCUT2D eigenvalue weighted by Crippen LogP contribution is -2.67. The van der Waals surface area contributed by atoms with Crippen molar-refractivity contribution in [2.45, 2.75) is 70.7 Å². The Morgan fingerprint density at radius 2 is 1.47 bits per heavy atom. The van der Waals surface area contributed by atoms with Crippen LogP contribution in [0.4, 0.5) is 4.79 Å². The van der Waals surface area contributed by atoms with Gasteiger partial charge in [0.05, 0.1) is 12.6 Å². The molecule has 0 spiro atoms. The maximum absolute atomic E-state index is 12.9. The molecule has 1 amide bonds. The quantitative estimate of drug-likeness (QED) is 0.696. The summed E-state index contributed by atoms with van der Waals surface area (Å²) in [7, 11) is -2.67. The number of hydrogen-bond acceptors (Lipinski definition) is 4. The van der Waals surface area contributed by atoms with E-state index in [1.54, 1.807) is 4.90 Å². The fourth-order valence-corrected chi connectivity index (χ4v) is 9.24. The monoisotopic (exact) mass is 454 g/mol. The number of likely N-dealkylation sites (tertiary alicyclic amines) is 1. The average Bonchev–Trinajstić information content (AvgIpc) is 3.09. The lowest BCUT2D eigenvalue weighted by Gasteiger charge is -2.44. The molecule has 174 valence electrons. The second-order valence-electron chi connectivity index (χ2n) is 10.8. The molecular formula is C26H38N2O3Si. The van der Waals surface area contributed by atoms with Gasteiger partial charge in [-0.25, -0.2) is 4.79 Å². The summed E-state index contributed by atoms with van der Waals surface area (Å²) in [5.74, 6) is 0. The predicted molar refractivity (Wildman–Crippen MR) is 133 cm³/mol. The van der Waals surface area contributed by atoms with Crippen molar-refractivity contribution in [3.63, 3.8) is 0 Å². The Morgan fingerprint density at radius 3 is 1.91 bits per heavy atom. The summed E-state index contributed by atoms with van der Waals surface area (Å²) in [5, 5.41) is 2.34. The molecule has 2 unspecified atom stereocenters. The highest BCUT2D eigenvalue weighted by molar-refractivity contribution is 6.99. The molecule has 1 fully saturated rings. The molecule has 5 nitrogen and oxygen atoms in total. The first-order valence-electron chi connectivity index (χ1n) is 11.4. The third-order valence-corrected chi connectivity index (χ3v) is 11.0. The highest BCUT2D eigenvalue weighted by atomic mass is 28.4. The van der Waals surface area contributed by atoms with Crippen LogP contribution in [-0.2, 0) is 9.16 Å². The van der Waals surface area contributed by atoms with Crippen LogP contribution in [0.1, 0.15) is 48.0 Å². The third-order valence-electron chi connectivity index (χ3n) is 5.98. The second-order valence-corrected chi connectivity index (χ2v) is 15.1. The molecule has 3 rings (SSSR count). The van der Waals surface area contributed by atoms with Crippen LogP contribution in [0.25, 0.3) is 0 Å². The van der Waals surface area contributed by atoms with E-state index >= 15 is 0 Å². The zero-order chi connectivity index (χ0) is 23.6. The molecule has 6 heteroatoms. The molecule has 1 aliphatic heterocycles. The van der Waals surface area contributed by atoms with Crippen LogP contribution >= 0.6 is 0 Å². The molecule has 0 radical (unpaired) electrons. The van der Waals surface area contributed by atoms with Crippen LogP contribution in [0.2, 0.25) is 5.04 Å². The van der Waals surface area contributed by atoms with E-state index in [4.69, 9.17) is 14.9 Å². The molecule has 2 aromatic carbocycles. The summed E-state index contributed by atoms with van der Waals surface area (Å²) in [6.45, 7) is 13.3. The van der Waals surface area contributed by atoms with Crippen molar-refractivity contribution < 1.29 is 14.0 Å². The van der Waals surface area contributed by atoms with Crippen LogP contribution in [0, 0.1) is 0 Å². The zero-order valence-corrected chi connectivity index (χ0v) is 21.3. The van der Waals surface area contributed by atoms with E-state index in [0.29, 0.717) is 19.6 Å². The Balaban J connectivity index is 1.96. The molecule has 0 bridgehead atoms. The number of ether oxygens (including phenoxy) is 1. The van der Waals surface area contributed by atoms with Crippen molar-refractivity contribution in [1.29, 1.82) is 0 Å². The standard InChI is InChI=1S/C26H38N2O3Si/c1-25(2,3)31-24(29)28-18-20(27)17-21(28)19-30-32(26(4,5)6,22-13-9-7-10-14-22)23-15-11-8-12-16-23/h7-16,20-21H,17-19,27H2,1-6H3.